The number of ether oxygens (including phenoxy) is 1. The second-order valence-electron chi connectivity index (χ2n) is 3.75. The molecule has 1 aromatic rings. The molecular weight excluding hydrogens is 166 g/mol. The number of hydrogen-bond acceptors (Lipinski definition) is 3. The Balaban J connectivity index is 1.91. The number of nitrogens with zero attached hydrogens (tertiary/aromatic N) is 3. The van der Waals surface area contributed by atoms with Crippen molar-refractivity contribution in [3.63, 3.8) is 0 Å². The molecular formula is C9H13N3O. The van der Waals surface area contributed by atoms with Crippen LogP contribution in [0.15, 0.2) is 6.07 Å². The molecule has 0 unspecified atom stereocenters. The monoisotopic (exact) mass is 179 g/mol. The van der Waals surface area contributed by atoms with E-state index in [1.165, 1.54) is 5.82 Å². The first-order chi connectivity index (χ1) is 6.34. The summed E-state index contributed by atoms with van der Waals surface area (Å²) in [6, 6.07) is 2.75. The van der Waals surface area contributed by atoms with E-state index in [9.17, 15) is 0 Å². The fourth-order valence-corrected chi connectivity index (χ4v) is 2.02. The lowest BCUT2D eigenvalue weighted by molar-refractivity contribution is 0.00886. The number of aryl methyl sites for hydroxylation is 1. The van der Waals surface area contributed by atoms with Crippen molar-refractivity contribution in [1.29, 1.82) is 0 Å². The van der Waals surface area contributed by atoms with Gasteiger partial charge in [-0.1, -0.05) is 0 Å². The summed E-state index contributed by atoms with van der Waals surface area (Å²) >= 11 is 0. The summed E-state index contributed by atoms with van der Waals surface area (Å²) in [6.45, 7) is 5.92. The fourth-order valence-electron chi connectivity index (χ4n) is 2.02. The fraction of sp³-hybridized carbons (Fsp3) is 0.667. The van der Waals surface area contributed by atoms with Crippen LogP contribution in [0.25, 0.3) is 0 Å². The van der Waals surface area contributed by atoms with Gasteiger partial charge in [0.1, 0.15) is 5.82 Å². The van der Waals surface area contributed by atoms with E-state index in [-0.39, 0.29) is 0 Å². The highest BCUT2D eigenvalue weighted by Crippen LogP contribution is 2.26. The van der Waals surface area contributed by atoms with Gasteiger partial charge in [0.15, 0.2) is 0 Å². The van der Waals surface area contributed by atoms with E-state index in [1.54, 1.807) is 0 Å². The third-order valence-electron chi connectivity index (χ3n) is 2.79. The van der Waals surface area contributed by atoms with Crippen LogP contribution < -0.4 is 4.90 Å². The van der Waals surface area contributed by atoms with E-state index in [0.717, 1.165) is 32.0 Å². The highest BCUT2D eigenvalue weighted by molar-refractivity contribution is 5.45. The van der Waals surface area contributed by atoms with E-state index in [4.69, 9.17) is 4.74 Å². The van der Waals surface area contributed by atoms with Gasteiger partial charge in [-0.3, -0.25) is 0 Å². The highest BCUT2D eigenvalue weighted by Gasteiger charge is 2.31. The molecule has 0 bridgehead atoms. The van der Waals surface area contributed by atoms with E-state index in [1.807, 2.05) is 6.92 Å². The molecule has 4 heteroatoms. The summed E-state index contributed by atoms with van der Waals surface area (Å²) in [5, 5.41) is 4.42. The number of anilines is 1. The first-order valence-electron chi connectivity index (χ1n) is 4.73. The molecule has 0 amide bonds. The number of rotatable bonds is 1. The lowest BCUT2D eigenvalue weighted by atomic mass is 10.2. The van der Waals surface area contributed by atoms with Gasteiger partial charge in [-0.15, -0.1) is 0 Å². The van der Waals surface area contributed by atoms with Gasteiger partial charge in [-0.2, -0.15) is 5.10 Å². The van der Waals surface area contributed by atoms with Crippen LogP contribution in [0.3, 0.4) is 0 Å². The maximum Gasteiger partial charge on any atom is 0.127 e. The standard InChI is InChI=1S/C9H13N3O/c1-7-4-9-11(8-5-13-6-8)2-3-12(9)10-7/h4,8H,2-3,5-6H2,1H3. The molecule has 0 saturated carbocycles. The minimum atomic E-state index is 0.595. The zero-order valence-electron chi connectivity index (χ0n) is 7.73. The van der Waals surface area contributed by atoms with Crippen molar-refractivity contribution >= 4 is 5.82 Å². The molecule has 2 aliphatic rings. The summed E-state index contributed by atoms with van der Waals surface area (Å²) in [4.78, 5) is 2.41. The first kappa shape index (κ1) is 7.38. The molecule has 0 N–H and O–H groups in total. The second-order valence-corrected chi connectivity index (χ2v) is 3.75. The molecule has 1 aromatic heterocycles. The average molecular weight is 179 g/mol. The van der Waals surface area contributed by atoms with E-state index >= 15 is 0 Å². The van der Waals surface area contributed by atoms with E-state index in [2.05, 4.69) is 20.7 Å². The molecule has 0 atom stereocenters. The van der Waals surface area contributed by atoms with Crippen molar-refractivity contribution in [2.45, 2.75) is 19.5 Å². The predicted molar refractivity (Wildman–Crippen MR) is 48.9 cm³/mol. The number of fused-ring (bicyclic) bond motifs is 1. The largest absolute Gasteiger partial charge is 0.377 e. The van der Waals surface area contributed by atoms with Crippen molar-refractivity contribution in [3.05, 3.63) is 11.8 Å². The summed E-state index contributed by atoms with van der Waals surface area (Å²) in [5.41, 5.74) is 1.11. The first-order valence-corrected chi connectivity index (χ1v) is 4.73. The van der Waals surface area contributed by atoms with Crippen molar-refractivity contribution in [2.24, 2.45) is 0 Å². The van der Waals surface area contributed by atoms with Gasteiger partial charge in [0.25, 0.3) is 0 Å². The smallest absolute Gasteiger partial charge is 0.127 e. The zero-order valence-corrected chi connectivity index (χ0v) is 7.73. The van der Waals surface area contributed by atoms with Crippen LogP contribution in [0.4, 0.5) is 5.82 Å². The van der Waals surface area contributed by atoms with Crippen molar-refractivity contribution in [2.75, 3.05) is 24.7 Å². The van der Waals surface area contributed by atoms with Gasteiger partial charge in [0.2, 0.25) is 0 Å². The van der Waals surface area contributed by atoms with Crippen LogP contribution in [0, 0.1) is 6.92 Å². The van der Waals surface area contributed by atoms with Crippen LogP contribution >= 0.6 is 0 Å². The lowest BCUT2D eigenvalue weighted by Crippen LogP contribution is -2.48. The Kier molecular flexibility index (Phi) is 1.41. The summed E-state index contributed by atoms with van der Waals surface area (Å²) in [6.07, 6.45) is 0. The highest BCUT2D eigenvalue weighted by atomic mass is 16.5. The van der Waals surface area contributed by atoms with Gasteiger partial charge >= 0.3 is 0 Å². The summed E-state index contributed by atoms with van der Waals surface area (Å²) in [7, 11) is 0. The van der Waals surface area contributed by atoms with Crippen LogP contribution in [0.2, 0.25) is 0 Å². The minimum Gasteiger partial charge on any atom is -0.377 e. The Morgan fingerprint density at radius 2 is 2.31 bits per heavy atom. The Bertz CT molecular complexity index is 330. The van der Waals surface area contributed by atoms with Crippen LogP contribution in [-0.4, -0.2) is 35.6 Å². The van der Waals surface area contributed by atoms with Crippen molar-refractivity contribution in [3.8, 4) is 0 Å². The molecule has 13 heavy (non-hydrogen) atoms. The third kappa shape index (κ3) is 0.983. The molecule has 0 aliphatic carbocycles. The molecule has 0 aromatic carbocycles. The van der Waals surface area contributed by atoms with Gasteiger partial charge < -0.3 is 9.64 Å². The topological polar surface area (TPSA) is 30.3 Å². The third-order valence-corrected chi connectivity index (χ3v) is 2.79. The van der Waals surface area contributed by atoms with Crippen molar-refractivity contribution < 1.29 is 4.74 Å². The van der Waals surface area contributed by atoms with Gasteiger partial charge in [0.05, 0.1) is 31.5 Å². The van der Waals surface area contributed by atoms with Gasteiger partial charge in [0, 0.05) is 12.6 Å². The zero-order chi connectivity index (χ0) is 8.84. The number of hydrogen-bond donors (Lipinski definition) is 0. The molecule has 3 heterocycles. The Morgan fingerprint density at radius 3 is 3.00 bits per heavy atom. The van der Waals surface area contributed by atoms with E-state index in [0.29, 0.717) is 6.04 Å². The van der Waals surface area contributed by atoms with Gasteiger partial charge in [-0.25, -0.2) is 4.68 Å². The van der Waals surface area contributed by atoms with Crippen LogP contribution in [0.1, 0.15) is 5.69 Å². The molecule has 3 rings (SSSR count). The molecule has 1 fully saturated rings. The predicted octanol–water partition coefficient (Wildman–Crippen LogP) is 0.410. The Labute approximate surface area is 77.1 Å². The lowest BCUT2D eigenvalue weighted by Gasteiger charge is -2.35. The maximum atomic E-state index is 5.20. The molecule has 1 saturated heterocycles. The molecule has 4 nitrogen and oxygen atoms in total. The minimum absolute atomic E-state index is 0.595. The molecule has 70 valence electrons. The second kappa shape index (κ2) is 2.48. The quantitative estimate of drug-likeness (QED) is 0.625. The Hall–Kier alpha value is -1.03. The normalized spacial score (nSPS) is 21.8. The average Bonchev–Trinajstić information content (AvgIpc) is 2.47. The van der Waals surface area contributed by atoms with Gasteiger partial charge in [-0.05, 0) is 6.92 Å². The van der Waals surface area contributed by atoms with Crippen LogP contribution in [-0.2, 0) is 11.3 Å². The van der Waals surface area contributed by atoms with E-state index < -0.39 is 0 Å². The molecule has 2 aliphatic heterocycles. The molecule has 0 radical (unpaired) electrons. The van der Waals surface area contributed by atoms with Crippen molar-refractivity contribution in [1.82, 2.24) is 9.78 Å². The maximum absolute atomic E-state index is 5.20. The Morgan fingerprint density at radius 1 is 1.46 bits per heavy atom. The van der Waals surface area contributed by atoms with Crippen LogP contribution in [0.5, 0.6) is 0 Å². The SMILES string of the molecule is Cc1cc2n(n1)CCN2C1COC1. The molecule has 0 spiro atoms. The summed E-state index contributed by atoms with van der Waals surface area (Å²) < 4.78 is 7.29. The number of aromatic nitrogens is 2. The summed E-state index contributed by atoms with van der Waals surface area (Å²) in [5.74, 6) is 1.27.